The van der Waals surface area contributed by atoms with Crippen LogP contribution < -0.4 is 10.6 Å². The molecule has 1 aliphatic rings. The van der Waals surface area contributed by atoms with Gasteiger partial charge in [0.2, 0.25) is 5.91 Å². The fourth-order valence-electron chi connectivity index (χ4n) is 4.26. The van der Waals surface area contributed by atoms with Crippen molar-refractivity contribution in [3.8, 4) is 11.1 Å². The largest absolute Gasteiger partial charge is 0.477 e. The molecule has 0 spiro atoms. The van der Waals surface area contributed by atoms with Crippen molar-refractivity contribution in [2.75, 3.05) is 6.61 Å². The normalized spacial score (nSPS) is 13.0. The Labute approximate surface area is 203 Å². The van der Waals surface area contributed by atoms with Gasteiger partial charge in [-0.05, 0) is 39.8 Å². The van der Waals surface area contributed by atoms with Crippen molar-refractivity contribution in [2.24, 2.45) is 5.92 Å². The van der Waals surface area contributed by atoms with Crippen LogP contribution in [0, 0.1) is 5.92 Å². The summed E-state index contributed by atoms with van der Waals surface area (Å²) in [7, 11) is 0. The van der Waals surface area contributed by atoms with Crippen molar-refractivity contribution in [1.82, 2.24) is 15.6 Å². The van der Waals surface area contributed by atoms with Crippen LogP contribution in [0.5, 0.6) is 0 Å². The summed E-state index contributed by atoms with van der Waals surface area (Å²) in [6.45, 7) is 3.98. The Kier molecular flexibility index (Phi) is 7.10. The lowest BCUT2D eigenvalue weighted by Crippen LogP contribution is -2.49. The molecule has 0 unspecified atom stereocenters. The van der Waals surface area contributed by atoms with Crippen LogP contribution in [0.4, 0.5) is 4.79 Å². The molecule has 8 heteroatoms. The van der Waals surface area contributed by atoms with Crippen LogP contribution in [0.15, 0.2) is 66.9 Å². The van der Waals surface area contributed by atoms with E-state index in [0.29, 0.717) is 5.56 Å². The van der Waals surface area contributed by atoms with E-state index in [-0.39, 0.29) is 36.6 Å². The van der Waals surface area contributed by atoms with Gasteiger partial charge < -0.3 is 20.5 Å². The van der Waals surface area contributed by atoms with Crippen LogP contribution in [-0.2, 0) is 16.1 Å². The Bertz CT molecular complexity index is 1190. The van der Waals surface area contributed by atoms with E-state index >= 15 is 0 Å². The second-order valence-corrected chi connectivity index (χ2v) is 8.77. The maximum atomic E-state index is 12.8. The summed E-state index contributed by atoms with van der Waals surface area (Å²) >= 11 is 0. The number of nitrogens with one attached hydrogen (secondary N) is 2. The number of amides is 2. The molecule has 1 aromatic heterocycles. The fraction of sp³-hybridized carbons (Fsp3) is 0.259. The lowest BCUT2D eigenvalue weighted by molar-refractivity contribution is -0.124. The summed E-state index contributed by atoms with van der Waals surface area (Å²) < 4.78 is 5.57. The van der Waals surface area contributed by atoms with Crippen LogP contribution in [0.25, 0.3) is 11.1 Å². The maximum absolute atomic E-state index is 12.8. The molecule has 1 heterocycles. The summed E-state index contributed by atoms with van der Waals surface area (Å²) in [4.78, 5) is 40.2. The van der Waals surface area contributed by atoms with E-state index in [0.717, 1.165) is 22.3 Å². The molecule has 4 rings (SSSR count). The van der Waals surface area contributed by atoms with Gasteiger partial charge in [-0.15, -0.1) is 0 Å². The van der Waals surface area contributed by atoms with Gasteiger partial charge in [-0.1, -0.05) is 68.4 Å². The van der Waals surface area contributed by atoms with Gasteiger partial charge >= 0.3 is 12.1 Å². The number of aromatic carboxylic acids is 1. The predicted octanol–water partition coefficient (Wildman–Crippen LogP) is 3.96. The molecule has 2 amide bonds. The first-order chi connectivity index (χ1) is 16.8. The van der Waals surface area contributed by atoms with E-state index in [9.17, 15) is 14.4 Å². The van der Waals surface area contributed by atoms with E-state index in [2.05, 4.69) is 27.8 Å². The van der Waals surface area contributed by atoms with Gasteiger partial charge in [0, 0.05) is 18.7 Å². The number of alkyl carbamates (subject to hydrolysis) is 1. The van der Waals surface area contributed by atoms with Crippen molar-refractivity contribution in [2.45, 2.75) is 32.4 Å². The summed E-state index contributed by atoms with van der Waals surface area (Å²) in [5.74, 6) is -1.73. The average Bonchev–Trinajstić information content (AvgIpc) is 3.18. The number of nitrogens with zero attached hydrogens (tertiary/aromatic N) is 1. The molecular formula is C27H27N3O5. The number of fused-ring (bicyclic) bond motifs is 3. The molecular weight excluding hydrogens is 446 g/mol. The van der Waals surface area contributed by atoms with Gasteiger partial charge in [-0.2, -0.15) is 0 Å². The number of carboxylic acid groups (broad SMARTS) is 1. The highest BCUT2D eigenvalue weighted by atomic mass is 16.5. The topological polar surface area (TPSA) is 118 Å². The molecule has 0 bridgehead atoms. The van der Waals surface area contributed by atoms with Crippen LogP contribution in [0.3, 0.4) is 0 Å². The molecule has 1 atom stereocenters. The third kappa shape index (κ3) is 5.32. The minimum atomic E-state index is -1.12. The van der Waals surface area contributed by atoms with Crippen LogP contribution in [0.1, 0.15) is 46.9 Å². The third-order valence-corrected chi connectivity index (χ3v) is 6.08. The van der Waals surface area contributed by atoms with Crippen molar-refractivity contribution in [3.63, 3.8) is 0 Å². The van der Waals surface area contributed by atoms with Gasteiger partial charge in [-0.25, -0.2) is 14.6 Å². The highest BCUT2D eigenvalue weighted by molar-refractivity contribution is 5.86. The zero-order valence-corrected chi connectivity index (χ0v) is 19.5. The number of aromatic nitrogens is 1. The Balaban J connectivity index is 1.35. The van der Waals surface area contributed by atoms with Crippen LogP contribution in [0.2, 0.25) is 0 Å². The summed E-state index contributed by atoms with van der Waals surface area (Å²) in [5, 5.41) is 14.4. The molecule has 2 aromatic carbocycles. The second kappa shape index (κ2) is 10.4. The minimum absolute atomic E-state index is 0.0687. The fourth-order valence-corrected chi connectivity index (χ4v) is 4.26. The van der Waals surface area contributed by atoms with Crippen molar-refractivity contribution < 1.29 is 24.2 Å². The lowest BCUT2D eigenvalue weighted by Gasteiger charge is -2.22. The smallest absolute Gasteiger partial charge is 0.407 e. The number of carbonyl (C=O) groups excluding carboxylic acids is 2. The lowest BCUT2D eigenvalue weighted by atomic mass is 9.98. The molecule has 0 radical (unpaired) electrons. The predicted molar refractivity (Wildman–Crippen MR) is 130 cm³/mol. The van der Waals surface area contributed by atoms with Crippen molar-refractivity contribution in [1.29, 1.82) is 0 Å². The van der Waals surface area contributed by atoms with E-state index in [4.69, 9.17) is 9.84 Å². The summed E-state index contributed by atoms with van der Waals surface area (Å²) in [5.41, 5.74) is 5.08. The average molecular weight is 474 g/mol. The van der Waals surface area contributed by atoms with Crippen LogP contribution >= 0.6 is 0 Å². The van der Waals surface area contributed by atoms with E-state index in [1.165, 1.54) is 12.3 Å². The molecule has 3 aromatic rings. The van der Waals surface area contributed by atoms with Crippen LogP contribution in [-0.4, -0.2) is 40.7 Å². The Hall–Kier alpha value is -4.20. The monoisotopic (exact) mass is 473 g/mol. The molecule has 35 heavy (non-hydrogen) atoms. The number of pyridine rings is 1. The second-order valence-electron chi connectivity index (χ2n) is 8.77. The van der Waals surface area contributed by atoms with Gasteiger partial charge in [0.25, 0.3) is 0 Å². The number of rotatable bonds is 8. The molecule has 1 aliphatic carbocycles. The van der Waals surface area contributed by atoms with Crippen molar-refractivity contribution >= 4 is 18.0 Å². The quantitative estimate of drug-likeness (QED) is 0.456. The summed E-state index contributed by atoms with van der Waals surface area (Å²) in [6.07, 6.45) is 0.737. The number of ether oxygens (including phenoxy) is 1. The molecule has 0 aliphatic heterocycles. The van der Waals surface area contributed by atoms with E-state index in [1.807, 2.05) is 50.2 Å². The van der Waals surface area contributed by atoms with E-state index in [1.54, 1.807) is 6.07 Å². The first-order valence-corrected chi connectivity index (χ1v) is 11.4. The van der Waals surface area contributed by atoms with Crippen molar-refractivity contribution in [3.05, 3.63) is 89.2 Å². The number of hydrogen-bond donors (Lipinski definition) is 3. The first-order valence-electron chi connectivity index (χ1n) is 11.4. The molecule has 0 saturated heterocycles. The Morgan fingerprint density at radius 1 is 0.971 bits per heavy atom. The standard InChI is InChI=1S/C27H27N3O5/c1-16(2)24(25(31)29-14-17-11-12-23(26(32)33)28-13-17)30-27(34)35-15-22-20-9-5-3-7-18(20)19-8-4-6-10-21(19)22/h3-13,16,22,24H,14-15H2,1-2H3,(H,29,31)(H,30,34)(H,32,33)/t24-/m0/s1. The van der Waals surface area contributed by atoms with E-state index < -0.39 is 18.1 Å². The number of benzene rings is 2. The molecule has 180 valence electrons. The first kappa shape index (κ1) is 23.9. The molecule has 0 fully saturated rings. The SMILES string of the molecule is CC(C)[C@H](NC(=O)OCC1c2ccccc2-c2ccccc21)C(=O)NCc1ccc(C(=O)O)nc1. The molecule has 8 nitrogen and oxygen atoms in total. The number of carboxylic acids is 1. The molecule has 3 N–H and O–H groups in total. The zero-order valence-electron chi connectivity index (χ0n) is 19.5. The van der Waals surface area contributed by atoms with Gasteiger partial charge in [0.1, 0.15) is 18.3 Å². The Morgan fingerprint density at radius 3 is 2.14 bits per heavy atom. The van der Waals surface area contributed by atoms with Gasteiger partial charge in [-0.3, -0.25) is 4.79 Å². The Morgan fingerprint density at radius 2 is 1.60 bits per heavy atom. The maximum Gasteiger partial charge on any atom is 0.407 e. The highest BCUT2D eigenvalue weighted by Gasteiger charge is 2.30. The number of hydrogen-bond acceptors (Lipinski definition) is 5. The zero-order chi connectivity index (χ0) is 24.9. The summed E-state index contributed by atoms with van der Waals surface area (Å²) in [6, 6.07) is 18.3. The third-order valence-electron chi connectivity index (χ3n) is 6.08. The minimum Gasteiger partial charge on any atom is -0.477 e. The van der Waals surface area contributed by atoms with Gasteiger partial charge in [0.05, 0.1) is 0 Å². The molecule has 0 saturated carbocycles. The highest BCUT2D eigenvalue weighted by Crippen LogP contribution is 2.44. The number of carbonyl (C=O) groups is 3. The van der Waals surface area contributed by atoms with Gasteiger partial charge in [0.15, 0.2) is 0 Å².